The third-order valence-corrected chi connectivity index (χ3v) is 17.9. The molecule has 616 valence electrons. The Morgan fingerprint density at radius 2 is 1.14 bits per heavy atom. The molecular weight excluding hydrogens is 1530 g/mol. The van der Waals surface area contributed by atoms with Crippen molar-refractivity contribution in [1.29, 1.82) is 0 Å². The predicted octanol–water partition coefficient (Wildman–Crippen LogP) is -6.22. The van der Waals surface area contributed by atoms with Crippen molar-refractivity contribution in [2.75, 3.05) is 32.0 Å². The number of carbonyl (C=O) groups is 20. The van der Waals surface area contributed by atoms with Crippen LogP contribution in [0.5, 0.6) is 0 Å². The lowest BCUT2D eigenvalue weighted by Gasteiger charge is -2.30. The maximum atomic E-state index is 14.8. The minimum Gasteiger partial charge on any atom is -0.481 e. The number of esters is 1. The van der Waals surface area contributed by atoms with E-state index in [1.807, 2.05) is 22.0 Å². The number of alkyl carbamates (subject to hydrolysis) is 1. The number of hydrogen-bond acceptors (Lipinski definition) is 26. The van der Waals surface area contributed by atoms with E-state index in [0.29, 0.717) is 11.1 Å². The Bertz CT molecular complexity index is 4260. The topological polar surface area (TPSA) is 695 Å². The van der Waals surface area contributed by atoms with Crippen molar-refractivity contribution in [3.05, 3.63) is 101 Å². The number of rotatable bonds is 29. The molecule has 14 amide bonds. The van der Waals surface area contributed by atoms with Crippen LogP contribution in [0.4, 0.5) is 10.5 Å². The second kappa shape index (κ2) is 44.6. The van der Waals surface area contributed by atoms with Crippen molar-refractivity contribution in [3.63, 3.8) is 0 Å². The van der Waals surface area contributed by atoms with E-state index in [2.05, 4.69) is 53.2 Å². The number of aliphatic hydroxyl groups is 1. The molecule has 4 aromatic rings. The number of nitrogens with one attached hydrogen (secondary N) is 13. The van der Waals surface area contributed by atoms with Crippen molar-refractivity contribution in [1.82, 2.24) is 69.1 Å². The molecule has 0 spiro atoms. The molecule has 0 unspecified atom stereocenters. The molecule has 114 heavy (non-hydrogen) atoms. The lowest BCUT2D eigenvalue weighted by Crippen LogP contribution is -2.61. The van der Waals surface area contributed by atoms with Gasteiger partial charge in [0.05, 0.1) is 57.8 Å². The van der Waals surface area contributed by atoms with Crippen LogP contribution in [-0.4, -0.2) is 243 Å². The lowest BCUT2D eigenvalue weighted by atomic mass is 9.96. The summed E-state index contributed by atoms with van der Waals surface area (Å²) in [7, 11) is 0. The standard InChI is InChI=1S/C70H88N16O27S/c1-32(20-53(92)93)57-68(109)84-46(22-48(88)38-15-7-9-16-39(38)71)69(110)113-34(3)58(86-65(106)45(26-56(98)99)83-64(105)42(23-50(73)89)81-60(101)40(72)21-36-31-114-49-18-10-8-14-37(36)49)67(108)76-28-51(90)78-41(17-11-19-74-70(111)112-30-35-12-5-4-6-13-35)62(103)82-44(25-55(96)97)63(104)77-33(2)59(100)80-43(24-54(94)95)61(102)75-27-52(91)79-47(29-87)66(107)85-57/h4-10,12-16,18,31-34,40-47,57-58,87H,11,17,19-30,71-72H2,1-3H3,(H2,73,89)(H,74,111)(H,75,102)(H,76,108)(H,77,104)(H,78,90)(H,79,91)(H,80,100)(H,81,101)(H,82,103)(H,83,105)(H,84,109)(H,85,107)(H,86,106)(H,92,93)(H,94,95)(H,96,97)(H,98,99)/t32-,33-,34-,40+,41+,42-,43+,44+,45+,46+,47-,57+,58+/m1/s1. The summed E-state index contributed by atoms with van der Waals surface area (Å²) in [6, 6.07) is -2.22. The summed E-state index contributed by atoms with van der Waals surface area (Å²) >= 11 is 1.34. The lowest BCUT2D eigenvalue weighted by molar-refractivity contribution is -0.156. The van der Waals surface area contributed by atoms with Gasteiger partial charge in [-0.25, -0.2) is 9.59 Å². The maximum absolute atomic E-state index is 14.8. The summed E-state index contributed by atoms with van der Waals surface area (Å²) in [5.41, 5.74) is 18.5. The Kier molecular flexibility index (Phi) is 35.7. The van der Waals surface area contributed by atoms with Crippen LogP contribution < -0.4 is 86.3 Å². The fourth-order valence-electron chi connectivity index (χ4n) is 11.0. The number of nitrogens with two attached hydrogens (primary N) is 3. The van der Waals surface area contributed by atoms with Crippen molar-refractivity contribution < 1.29 is 131 Å². The van der Waals surface area contributed by atoms with Gasteiger partial charge in [-0.15, -0.1) is 11.3 Å². The molecule has 0 bridgehead atoms. The molecule has 24 N–H and O–H groups in total. The highest BCUT2D eigenvalue weighted by atomic mass is 32.1. The molecule has 13 atom stereocenters. The van der Waals surface area contributed by atoms with E-state index in [4.69, 9.17) is 26.7 Å². The molecule has 1 aromatic heterocycles. The van der Waals surface area contributed by atoms with E-state index < -0.39 is 262 Å². The molecule has 2 heterocycles. The number of carboxylic acids is 4. The van der Waals surface area contributed by atoms with Crippen LogP contribution in [0.25, 0.3) is 10.1 Å². The Morgan fingerprint density at radius 1 is 0.588 bits per heavy atom. The van der Waals surface area contributed by atoms with Crippen LogP contribution in [0, 0.1) is 5.92 Å². The SMILES string of the molecule is C[C@H](CC(=O)O)[C@@H]1NC(=O)[C@@H](CO)NC(=O)CNC(=O)[C@H](CC(=O)O)NC(=O)[C@@H](C)NC(=O)[C@H](CC(=O)O)NC(=O)[C@H](CCCNC(=O)OCc2ccccc2)NC(=O)CNC(=O)[C@@H](NC(=O)[C@H](CC(=O)O)NC(=O)[C@@H](CC(N)=O)NC(=O)[C@@H](N)Cc2csc3ccccc23)[C@@H](C)OC(=O)[C@H](CC(=O)c2ccccc2N)NC1=O. The van der Waals surface area contributed by atoms with E-state index in [9.17, 15) is 121 Å². The Hall–Kier alpha value is -13.3. The first-order chi connectivity index (χ1) is 53.8. The van der Waals surface area contributed by atoms with Crippen LogP contribution in [0.2, 0.25) is 0 Å². The number of amides is 14. The fraction of sp³-hybridized carbons (Fsp3) is 0.429. The van der Waals surface area contributed by atoms with Gasteiger partial charge in [0.2, 0.25) is 76.8 Å². The first-order valence-electron chi connectivity index (χ1n) is 34.9. The normalized spacial score (nSPS) is 21.2. The third-order valence-electron chi connectivity index (χ3n) is 16.9. The Morgan fingerprint density at radius 3 is 1.76 bits per heavy atom. The summed E-state index contributed by atoms with van der Waals surface area (Å²) < 4.78 is 11.7. The number of anilines is 1. The highest BCUT2D eigenvalue weighted by molar-refractivity contribution is 7.17. The quantitative estimate of drug-likeness (QED) is 0.0104. The van der Waals surface area contributed by atoms with Crippen LogP contribution in [0.1, 0.15) is 93.6 Å². The van der Waals surface area contributed by atoms with E-state index >= 15 is 0 Å². The van der Waals surface area contributed by atoms with E-state index in [1.165, 1.54) is 35.6 Å². The van der Waals surface area contributed by atoms with E-state index in [-0.39, 0.29) is 37.2 Å². The number of fused-ring (bicyclic) bond motifs is 1. The second-order valence-electron chi connectivity index (χ2n) is 26.0. The number of carbonyl (C=O) groups excluding carboxylic acids is 16. The van der Waals surface area contributed by atoms with Crippen molar-refractivity contribution in [2.45, 2.75) is 158 Å². The first-order valence-corrected chi connectivity index (χ1v) is 35.8. The van der Waals surface area contributed by atoms with Crippen molar-refractivity contribution in [2.24, 2.45) is 17.4 Å². The zero-order valence-electron chi connectivity index (χ0n) is 61.3. The van der Waals surface area contributed by atoms with Gasteiger partial charge in [-0.05, 0) is 79.1 Å². The number of hydrogen-bond donors (Lipinski definition) is 21. The number of Topliss-reactive ketones (excluding diaryl/α,β-unsaturated/α-hetero) is 1. The van der Waals surface area contributed by atoms with Crippen LogP contribution in [0.3, 0.4) is 0 Å². The smallest absolute Gasteiger partial charge is 0.407 e. The highest BCUT2D eigenvalue weighted by Gasteiger charge is 2.41. The molecule has 5 rings (SSSR count). The number of ketones is 1. The molecule has 3 aromatic carbocycles. The summed E-state index contributed by atoms with van der Waals surface area (Å²) in [6.07, 6.45) is -11.1. The minimum atomic E-state index is -2.47. The molecule has 1 saturated heterocycles. The number of thiophene rings is 1. The van der Waals surface area contributed by atoms with Gasteiger partial charge in [-0.3, -0.25) is 86.3 Å². The highest BCUT2D eigenvalue weighted by Crippen LogP contribution is 2.27. The predicted molar refractivity (Wildman–Crippen MR) is 393 cm³/mol. The number of aliphatic hydroxyl groups excluding tert-OH is 1. The van der Waals surface area contributed by atoms with Crippen LogP contribution in [0.15, 0.2) is 84.2 Å². The Labute approximate surface area is 651 Å². The zero-order valence-corrected chi connectivity index (χ0v) is 62.2. The summed E-state index contributed by atoms with van der Waals surface area (Å²) in [4.78, 5) is 272. The van der Waals surface area contributed by atoms with E-state index in [0.717, 1.165) is 30.9 Å². The van der Waals surface area contributed by atoms with Gasteiger partial charge < -0.3 is 121 Å². The molecular formula is C70H88N16O27S. The summed E-state index contributed by atoms with van der Waals surface area (Å²) in [5, 5.41) is 80.1. The van der Waals surface area contributed by atoms with Crippen LogP contribution >= 0.6 is 11.3 Å². The van der Waals surface area contributed by atoms with Crippen LogP contribution in [-0.2, 0) is 109 Å². The summed E-state index contributed by atoms with van der Waals surface area (Å²) in [5.74, 6) is -29.4. The molecule has 0 aliphatic carbocycles. The number of carboxylic acid groups (broad SMARTS) is 4. The number of para-hydroxylation sites is 1. The molecule has 44 heteroatoms. The second-order valence-corrected chi connectivity index (χ2v) is 26.9. The molecule has 0 radical (unpaired) electrons. The number of aliphatic carboxylic acids is 4. The summed E-state index contributed by atoms with van der Waals surface area (Å²) in [6.45, 7) is -1.40. The van der Waals surface area contributed by atoms with Gasteiger partial charge in [0, 0.05) is 28.9 Å². The molecule has 0 saturated carbocycles. The van der Waals surface area contributed by atoms with Gasteiger partial charge in [0.1, 0.15) is 73.1 Å². The molecule has 1 fully saturated rings. The third kappa shape index (κ3) is 29.9. The number of benzene rings is 3. The first kappa shape index (κ1) is 91.4. The minimum absolute atomic E-state index is 0.115. The average molecular weight is 1620 g/mol. The largest absolute Gasteiger partial charge is 0.481 e. The number of primary amides is 1. The Balaban J connectivity index is 1.61. The van der Waals surface area contributed by atoms with Gasteiger partial charge in [0.15, 0.2) is 5.78 Å². The van der Waals surface area contributed by atoms with Crippen molar-refractivity contribution >= 4 is 146 Å². The molecule has 43 nitrogen and oxygen atoms in total. The number of cyclic esters (lactones) is 1. The fourth-order valence-corrected chi connectivity index (χ4v) is 11.9. The van der Waals surface area contributed by atoms with Gasteiger partial charge >= 0.3 is 35.9 Å². The van der Waals surface area contributed by atoms with Gasteiger partial charge in [-0.1, -0.05) is 67.6 Å². The monoisotopic (exact) mass is 1620 g/mol. The number of nitrogen functional groups attached to an aromatic ring is 1. The average Bonchev–Trinajstić information content (AvgIpc) is 1.60. The van der Waals surface area contributed by atoms with E-state index in [1.54, 1.807) is 53.9 Å². The zero-order chi connectivity index (χ0) is 84.6. The maximum Gasteiger partial charge on any atom is 0.407 e. The van der Waals surface area contributed by atoms with Crippen molar-refractivity contribution in [3.8, 4) is 0 Å². The number of ether oxygens (including phenoxy) is 2. The van der Waals surface area contributed by atoms with Gasteiger partial charge in [0.25, 0.3) is 0 Å². The molecule has 1 aliphatic heterocycles. The molecule has 1 aliphatic rings. The van der Waals surface area contributed by atoms with Gasteiger partial charge in [-0.2, -0.15) is 0 Å².